The molecule has 10 heteroatoms. The second-order valence-corrected chi connectivity index (χ2v) is 6.01. The molecule has 0 atom stereocenters. The molecule has 160 valence electrons. The zero-order chi connectivity index (χ0) is 22.1. The maximum atomic E-state index is 13.1. The summed E-state index contributed by atoms with van der Waals surface area (Å²) in [6.45, 7) is 3.20. The van der Waals surface area contributed by atoms with Crippen LogP contribution in [-0.4, -0.2) is 25.2 Å². The third-order valence-corrected chi connectivity index (χ3v) is 3.60. The van der Waals surface area contributed by atoms with Gasteiger partial charge in [0.1, 0.15) is 5.75 Å². The fraction of sp³-hybridized carbons (Fsp3) is 0.200. The Hall–Kier alpha value is -3.56. The van der Waals surface area contributed by atoms with Crippen molar-refractivity contribution in [2.45, 2.75) is 12.8 Å². The molecule has 2 N–H and O–H groups in total. The third-order valence-electron chi connectivity index (χ3n) is 3.60. The van der Waals surface area contributed by atoms with Gasteiger partial charge < -0.3 is 14.8 Å². The van der Waals surface area contributed by atoms with Crippen LogP contribution in [-0.2, 0) is 9.53 Å². The van der Waals surface area contributed by atoms with Crippen molar-refractivity contribution in [2.24, 2.45) is 0 Å². The minimum absolute atomic E-state index is 0.00453. The lowest BCUT2D eigenvalue weighted by Crippen LogP contribution is -2.28. The molecule has 0 radical (unpaired) electrons. The van der Waals surface area contributed by atoms with Crippen molar-refractivity contribution in [3.05, 3.63) is 71.9 Å². The number of anilines is 1. The van der Waals surface area contributed by atoms with Crippen LogP contribution < -0.4 is 15.4 Å². The summed E-state index contributed by atoms with van der Waals surface area (Å²) in [5.41, 5.74) is 0.370. The van der Waals surface area contributed by atoms with Crippen LogP contribution in [0.25, 0.3) is 0 Å². The molecule has 0 heterocycles. The zero-order valence-corrected chi connectivity index (χ0v) is 15.6. The molecule has 0 unspecified atom stereocenters. The Kier molecular flexibility index (Phi) is 8.21. The van der Waals surface area contributed by atoms with Crippen molar-refractivity contribution >= 4 is 17.7 Å². The molecule has 0 spiro atoms. The van der Waals surface area contributed by atoms with E-state index in [-0.39, 0.29) is 24.5 Å². The highest BCUT2D eigenvalue weighted by atomic mass is 19.2. The Morgan fingerprint density at radius 1 is 0.933 bits per heavy atom. The number of hydrogen-bond donors (Lipinski definition) is 2. The van der Waals surface area contributed by atoms with Crippen molar-refractivity contribution < 1.29 is 36.6 Å². The standard InChI is InChI=1S/C20H18F4N2O4/c1-12(25-19(27)11-30-14-5-7-16(22)18(24)10-14)3-2-8-29-20(28)26-13-4-6-15(21)17(23)9-13/h4-7,9-10H,1-3,8,11H2,(H,25,27)(H,26,28). The van der Waals surface area contributed by atoms with E-state index in [1.54, 1.807) is 0 Å². The van der Waals surface area contributed by atoms with Gasteiger partial charge in [-0.3, -0.25) is 10.1 Å². The Balaban J connectivity index is 1.61. The van der Waals surface area contributed by atoms with Crippen LogP contribution in [0, 0.1) is 23.3 Å². The summed E-state index contributed by atoms with van der Waals surface area (Å²) in [7, 11) is 0. The molecule has 0 aliphatic rings. The van der Waals surface area contributed by atoms with E-state index in [9.17, 15) is 27.2 Å². The lowest BCUT2D eigenvalue weighted by molar-refractivity contribution is -0.122. The molecule has 2 rings (SSSR count). The van der Waals surface area contributed by atoms with Crippen LogP contribution in [0.3, 0.4) is 0 Å². The number of rotatable bonds is 9. The molecule has 0 saturated heterocycles. The van der Waals surface area contributed by atoms with Crippen molar-refractivity contribution in [3.63, 3.8) is 0 Å². The molecular formula is C20H18F4N2O4. The number of benzene rings is 2. The SMILES string of the molecule is C=C(CCCOC(=O)Nc1ccc(F)c(F)c1)NC(=O)COc1ccc(F)c(F)c1. The Bertz CT molecular complexity index is 937. The molecule has 0 aliphatic heterocycles. The van der Waals surface area contributed by atoms with Crippen LogP contribution in [0.15, 0.2) is 48.7 Å². The topological polar surface area (TPSA) is 76.7 Å². The van der Waals surface area contributed by atoms with Gasteiger partial charge in [-0.25, -0.2) is 22.4 Å². The monoisotopic (exact) mass is 426 g/mol. The van der Waals surface area contributed by atoms with Crippen LogP contribution in [0.5, 0.6) is 5.75 Å². The molecule has 30 heavy (non-hydrogen) atoms. The van der Waals surface area contributed by atoms with E-state index in [0.717, 1.165) is 24.3 Å². The number of ether oxygens (including phenoxy) is 2. The molecule has 2 amide bonds. The van der Waals surface area contributed by atoms with Gasteiger partial charge in [-0.2, -0.15) is 0 Å². The average Bonchev–Trinajstić information content (AvgIpc) is 2.69. The quantitative estimate of drug-likeness (QED) is 0.464. The first-order chi connectivity index (χ1) is 14.2. The van der Waals surface area contributed by atoms with Crippen LogP contribution in [0.1, 0.15) is 12.8 Å². The number of carbonyl (C=O) groups is 2. The lowest BCUT2D eigenvalue weighted by Gasteiger charge is -2.10. The van der Waals surface area contributed by atoms with E-state index < -0.39 is 41.9 Å². The molecule has 2 aromatic rings. The Labute approximate surface area is 169 Å². The maximum Gasteiger partial charge on any atom is 0.411 e. The minimum atomic E-state index is -1.10. The molecule has 6 nitrogen and oxygen atoms in total. The molecular weight excluding hydrogens is 408 g/mol. The van der Waals surface area contributed by atoms with Gasteiger partial charge in [0.25, 0.3) is 5.91 Å². The molecule has 0 fully saturated rings. The van der Waals surface area contributed by atoms with E-state index in [4.69, 9.17) is 9.47 Å². The number of hydrogen-bond acceptors (Lipinski definition) is 4. The fourth-order valence-corrected chi connectivity index (χ4v) is 2.19. The summed E-state index contributed by atoms with van der Waals surface area (Å²) in [6.07, 6.45) is -0.237. The van der Waals surface area contributed by atoms with Crippen molar-refractivity contribution in [1.29, 1.82) is 0 Å². The first-order valence-electron chi connectivity index (χ1n) is 8.69. The van der Waals surface area contributed by atoms with Gasteiger partial charge in [-0.1, -0.05) is 6.58 Å². The normalized spacial score (nSPS) is 10.3. The summed E-state index contributed by atoms with van der Waals surface area (Å²) in [5, 5.41) is 4.70. The van der Waals surface area contributed by atoms with Gasteiger partial charge in [0.15, 0.2) is 29.9 Å². The highest BCUT2D eigenvalue weighted by molar-refractivity contribution is 5.84. The molecule has 0 aromatic heterocycles. The second kappa shape index (κ2) is 10.8. The fourth-order valence-electron chi connectivity index (χ4n) is 2.19. The average molecular weight is 426 g/mol. The largest absolute Gasteiger partial charge is 0.484 e. The van der Waals surface area contributed by atoms with E-state index >= 15 is 0 Å². The number of halogens is 4. The van der Waals surface area contributed by atoms with Crippen molar-refractivity contribution in [3.8, 4) is 5.75 Å². The smallest absolute Gasteiger partial charge is 0.411 e. The Morgan fingerprint density at radius 2 is 1.60 bits per heavy atom. The minimum Gasteiger partial charge on any atom is -0.484 e. The number of carbonyl (C=O) groups excluding carboxylic acids is 2. The molecule has 0 saturated carbocycles. The van der Waals surface area contributed by atoms with E-state index in [1.807, 2.05) is 0 Å². The van der Waals surface area contributed by atoms with Crippen LogP contribution in [0.2, 0.25) is 0 Å². The summed E-state index contributed by atoms with van der Waals surface area (Å²) >= 11 is 0. The van der Waals surface area contributed by atoms with Gasteiger partial charge in [0, 0.05) is 23.5 Å². The lowest BCUT2D eigenvalue weighted by atomic mass is 10.2. The van der Waals surface area contributed by atoms with Crippen LogP contribution in [0.4, 0.5) is 28.0 Å². The van der Waals surface area contributed by atoms with Crippen molar-refractivity contribution in [2.75, 3.05) is 18.5 Å². The van der Waals surface area contributed by atoms with Gasteiger partial charge in [0.2, 0.25) is 0 Å². The molecule has 0 aliphatic carbocycles. The molecule has 2 aromatic carbocycles. The maximum absolute atomic E-state index is 13.1. The van der Waals surface area contributed by atoms with Crippen molar-refractivity contribution in [1.82, 2.24) is 5.32 Å². The van der Waals surface area contributed by atoms with Gasteiger partial charge in [-0.05, 0) is 37.1 Å². The van der Waals surface area contributed by atoms with Gasteiger partial charge in [-0.15, -0.1) is 0 Å². The number of amides is 2. The van der Waals surface area contributed by atoms with Gasteiger partial charge >= 0.3 is 6.09 Å². The zero-order valence-electron chi connectivity index (χ0n) is 15.6. The molecule has 0 bridgehead atoms. The number of allylic oxidation sites excluding steroid dienone is 1. The predicted molar refractivity (Wildman–Crippen MR) is 99.7 cm³/mol. The highest BCUT2D eigenvalue weighted by Crippen LogP contribution is 2.15. The second-order valence-electron chi connectivity index (χ2n) is 6.01. The summed E-state index contributed by atoms with van der Waals surface area (Å²) in [5.74, 6) is -4.82. The highest BCUT2D eigenvalue weighted by Gasteiger charge is 2.09. The summed E-state index contributed by atoms with van der Waals surface area (Å²) in [4.78, 5) is 23.3. The van der Waals surface area contributed by atoms with Gasteiger partial charge in [0.05, 0.1) is 6.61 Å². The number of nitrogens with one attached hydrogen (secondary N) is 2. The predicted octanol–water partition coefficient (Wildman–Crippen LogP) is 4.28. The summed E-state index contributed by atoms with van der Waals surface area (Å²) < 4.78 is 61.7. The van der Waals surface area contributed by atoms with E-state index in [1.165, 1.54) is 12.1 Å². The first-order valence-corrected chi connectivity index (χ1v) is 8.69. The van der Waals surface area contributed by atoms with Crippen LogP contribution >= 0.6 is 0 Å². The third kappa shape index (κ3) is 7.46. The van der Waals surface area contributed by atoms with E-state index in [2.05, 4.69) is 17.2 Å². The Morgan fingerprint density at radius 3 is 2.27 bits per heavy atom. The van der Waals surface area contributed by atoms with E-state index in [0.29, 0.717) is 12.1 Å². The first kappa shape index (κ1) is 22.7. The summed E-state index contributed by atoms with van der Waals surface area (Å²) in [6, 6.07) is 5.75.